The fourth-order valence-corrected chi connectivity index (χ4v) is 3.69. The van der Waals surface area contributed by atoms with E-state index in [9.17, 15) is 0 Å². The van der Waals surface area contributed by atoms with Gasteiger partial charge in [0.2, 0.25) is 0 Å². The van der Waals surface area contributed by atoms with E-state index in [1.807, 2.05) is 12.4 Å². The van der Waals surface area contributed by atoms with Crippen molar-refractivity contribution < 1.29 is 0 Å². The molecule has 0 fully saturated rings. The molecule has 2 aromatic carbocycles. The average molecular weight is 381 g/mol. The number of H-pyrrole nitrogens is 2. The van der Waals surface area contributed by atoms with Gasteiger partial charge in [0.15, 0.2) is 0 Å². The zero-order valence-corrected chi connectivity index (χ0v) is 16.6. The molecule has 4 aromatic rings. The number of imidazole rings is 1. The van der Waals surface area contributed by atoms with Crippen LogP contribution in [0.2, 0.25) is 0 Å². The molecule has 144 valence electrons. The Morgan fingerprint density at radius 1 is 0.966 bits per heavy atom. The van der Waals surface area contributed by atoms with E-state index < -0.39 is 0 Å². The predicted molar refractivity (Wildman–Crippen MR) is 116 cm³/mol. The molecule has 2 N–H and O–H groups in total. The number of aromatic nitrogens is 4. The van der Waals surface area contributed by atoms with Crippen molar-refractivity contribution in [1.82, 2.24) is 25.1 Å². The Kier molecular flexibility index (Phi) is 4.28. The minimum atomic E-state index is 0.786. The van der Waals surface area contributed by atoms with Gasteiger partial charge in [-0.05, 0) is 42.2 Å². The highest BCUT2D eigenvalue weighted by atomic mass is 15.1. The monoisotopic (exact) mass is 381 g/mol. The van der Waals surface area contributed by atoms with Crippen molar-refractivity contribution in [2.75, 3.05) is 0 Å². The van der Waals surface area contributed by atoms with Gasteiger partial charge >= 0.3 is 0 Å². The molecule has 1 aliphatic heterocycles. The lowest BCUT2D eigenvalue weighted by molar-refractivity contribution is 0.355. The first-order valence-corrected chi connectivity index (χ1v) is 9.82. The fraction of sp³-hybridized carbons (Fsp3) is 0.167. The van der Waals surface area contributed by atoms with E-state index in [0.717, 1.165) is 41.4 Å². The summed E-state index contributed by atoms with van der Waals surface area (Å²) in [6.45, 7) is 5.91. The van der Waals surface area contributed by atoms with Gasteiger partial charge in [-0.25, -0.2) is 4.98 Å². The Bertz CT molecular complexity index is 1170. The summed E-state index contributed by atoms with van der Waals surface area (Å²) in [5.41, 5.74) is 9.53. The van der Waals surface area contributed by atoms with Crippen molar-refractivity contribution in [3.05, 3.63) is 89.1 Å². The normalized spacial score (nSPS) is 13.0. The van der Waals surface area contributed by atoms with Gasteiger partial charge in [0, 0.05) is 30.1 Å². The molecule has 0 aliphatic carbocycles. The van der Waals surface area contributed by atoms with E-state index in [-0.39, 0.29) is 0 Å². The van der Waals surface area contributed by atoms with Gasteiger partial charge in [-0.1, -0.05) is 42.5 Å². The summed E-state index contributed by atoms with van der Waals surface area (Å²) >= 11 is 0. The first-order valence-electron chi connectivity index (χ1n) is 9.82. The smallest absolute Gasteiger partial charge is 0.138 e. The van der Waals surface area contributed by atoms with Crippen molar-refractivity contribution in [3.8, 4) is 22.5 Å². The first-order chi connectivity index (χ1) is 14.2. The Balaban J connectivity index is 1.35. The quantitative estimate of drug-likeness (QED) is 0.519. The van der Waals surface area contributed by atoms with Crippen LogP contribution >= 0.6 is 0 Å². The maximum absolute atomic E-state index is 4.86. The van der Waals surface area contributed by atoms with Crippen LogP contribution in [0.3, 0.4) is 0 Å². The summed E-state index contributed by atoms with van der Waals surface area (Å²) < 4.78 is 0. The van der Waals surface area contributed by atoms with E-state index in [1.165, 1.54) is 22.3 Å². The molecule has 0 saturated heterocycles. The first kappa shape index (κ1) is 17.5. The van der Waals surface area contributed by atoms with Crippen molar-refractivity contribution in [2.24, 2.45) is 0 Å². The molecular weight excluding hydrogens is 358 g/mol. The number of hydrogen-bond donors (Lipinski definition) is 2. The second-order valence-corrected chi connectivity index (χ2v) is 7.65. The third kappa shape index (κ3) is 3.47. The van der Waals surface area contributed by atoms with Gasteiger partial charge in [0.25, 0.3) is 0 Å². The van der Waals surface area contributed by atoms with Crippen LogP contribution in [-0.2, 0) is 13.1 Å². The molecule has 0 atom stereocenters. The van der Waals surface area contributed by atoms with Gasteiger partial charge in [0.1, 0.15) is 5.82 Å². The molecule has 5 heteroatoms. The Morgan fingerprint density at radius 2 is 1.76 bits per heavy atom. The van der Waals surface area contributed by atoms with Gasteiger partial charge in [-0.2, -0.15) is 5.10 Å². The van der Waals surface area contributed by atoms with Gasteiger partial charge < -0.3 is 9.88 Å². The van der Waals surface area contributed by atoms with Gasteiger partial charge in [0.05, 0.1) is 24.1 Å². The van der Waals surface area contributed by atoms with Crippen LogP contribution in [0.5, 0.6) is 0 Å². The molecule has 1 aliphatic rings. The van der Waals surface area contributed by atoms with Crippen molar-refractivity contribution >= 4 is 6.08 Å². The summed E-state index contributed by atoms with van der Waals surface area (Å²) in [5, 5.41) is 6.88. The summed E-state index contributed by atoms with van der Waals surface area (Å²) in [4.78, 5) is 10.6. The number of aryl methyl sites for hydroxylation is 2. The highest BCUT2D eigenvalue weighted by Crippen LogP contribution is 2.27. The van der Waals surface area contributed by atoms with Crippen LogP contribution in [0.4, 0.5) is 0 Å². The fourth-order valence-electron chi connectivity index (χ4n) is 3.69. The van der Waals surface area contributed by atoms with Crippen LogP contribution in [0.15, 0.2) is 61.1 Å². The largest absolute Gasteiger partial charge is 0.367 e. The van der Waals surface area contributed by atoms with E-state index in [1.54, 1.807) is 0 Å². The topological polar surface area (TPSA) is 60.6 Å². The van der Waals surface area contributed by atoms with Gasteiger partial charge in [-0.15, -0.1) is 0 Å². The van der Waals surface area contributed by atoms with E-state index in [2.05, 4.69) is 88.7 Å². The average Bonchev–Trinajstić information content (AvgIpc) is 3.40. The molecule has 5 rings (SSSR count). The van der Waals surface area contributed by atoms with Crippen LogP contribution in [-0.4, -0.2) is 25.1 Å². The molecule has 0 unspecified atom stereocenters. The molecule has 5 nitrogen and oxygen atoms in total. The minimum absolute atomic E-state index is 0.786. The number of benzene rings is 2. The molecule has 0 radical (unpaired) electrons. The Labute approximate surface area is 170 Å². The molecule has 0 bridgehead atoms. The molecule has 2 aromatic heterocycles. The molecular formula is C24H23N5. The number of fused-ring (bicyclic) bond motifs is 1. The Hall–Kier alpha value is -3.60. The lowest BCUT2D eigenvalue weighted by Crippen LogP contribution is -2.19. The molecule has 0 spiro atoms. The minimum Gasteiger partial charge on any atom is -0.367 e. The number of hydrogen-bond acceptors (Lipinski definition) is 3. The van der Waals surface area contributed by atoms with Gasteiger partial charge in [-0.3, -0.25) is 5.10 Å². The lowest BCUT2D eigenvalue weighted by Gasteiger charge is -2.21. The van der Waals surface area contributed by atoms with Crippen molar-refractivity contribution in [1.29, 1.82) is 0 Å². The second kappa shape index (κ2) is 7.09. The van der Waals surface area contributed by atoms with Crippen LogP contribution < -0.4 is 0 Å². The second-order valence-electron chi connectivity index (χ2n) is 7.65. The van der Waals surface area contributed by atoms with E-state index >= 15 is 0 Å². The lowest BCUT2D eigenvalue weighted by atomic mass is 9.99. The van der Waals surface area contributed by atoms with Crippen LogP contribution in [0.25, 0.3) is 28.6 Å². The SMILES string of the molecule is Cc1ccc(-c2ccc(-c3nc4c([nH]3)C=CN(Cc3cn[nH]c3)C4)cc2)cc1C. The standard InChI is InChI=1S/C24H23N5/c1-16-3-4-21(11-17(16)2)19-5-7-20(8-6-19)24-27-22-9-10-29(15-23(22)28-24)14-18-12-25-26-13-18/h3-13H,14-15H2,1-2H3,(H,25,26)(H,27,28). The highest BCUT2D eigenvalue weighted by Gasteiger charge is 2.16. The number of nitrogens with one attached hydrogen (secondary N) is 2. The number of rotatable bonds is 4. The maximum Gasteiger partial charge on any atom is 0.138 e. The van der Waals surface area contributed by atoms with E-state index in [0.29, 0.717) is 0 Å². The molecule has 3 heterocycles. The summed E-state index contributed by atoms with van der Waals surface area (Å²) in [6.07, 6.45) is 7.99. The molecule has 0 amide bonds. The summed E-state index contributed by atoms with van der Waals surface area (Å²) in [5.74, 6) is 0.913. The summed E-state index contributed by atoms with van der Waals surface area (Å²) in [7, 11) is 0. The number of aromatic amines is 2. The highest BCUT2D eigenvalue weighted by molar-refractivity contribution is 5.69. The maximum atomic E-state index is 4.86. The Morgan fingerprint density at radius 3 is 2.52 bits per heavy atom. The van der Waals surface area contributed by atoms with E-state index in [4.69, 9.17) is 4.98 Å². The zero-order valence-electron chi connectivity index (χ0n) is 16.6. The van der Waals surface area contributed by atoms with Crippen LogP contribution in [0.1, 0.15) is 28.1 Å². The van der Waals surface area contributed by atoms with Crippen LogP contribution in [0, 0.1) is 13.8 Å². The number of nitrogens with zero attached hydrogens (tertiary/aromatic N) is 3. The summed E-state index contributed by atoms with van der Waals surface area (Å²) in [6, 6.07) is 15.2. The van der Waals surface area contributed by atoms with Crippen molar-refractivity contribution in [3.63, 3.8) is 0 Å². The molecule has 0 saturated carbocycles. The third-order valence-electron chi connectivity index (χ3n) is 5.55. The zero-order chi connectivity index (χ0) is 19.8. The molecule has 29 heavy (non-hydrogen) atoms. The predicted octanol–water partition coefficient (Wildman–Crippen LogP) is 5.07. The third-order valence-corrected chi connectivity index (χ3v) is 5.55. The van der Waals surface area contributed by atoms with Crippen molar-refractivity contribution in [2.45, 2.75) is 26.9 Å².